The summed E-state index contributed by atoms with van der Waals surface area (Å²) < 4.78 is 1.50. The van der Waals surface area contributed by atoms with E-state index in [0.29, 0.717) is 33.9 Å². The summed E-state index contributed by atoms with van der Waals surface area (Å²) in [5, 5.41) is 6.70. The fraction of sp³-hybridized carbons (Fsp3) is 0.217. The van der Waals surface area contributed by atoms with Crippen molar-refractivity contribution in [1.29, 1.82) is 0 Å². The number of carbonyl (C=O) groups excluding carboxylic acids is 2. The SMILES string of the molecule is C=CCn1c(SCC(=O)Nc2ccccc2C(=O)NC2CC2)nc2ccccc2c1=O. The molecule has 0 spiro atoms. The first-order valence-corrected chi connectivity index (χ1v) is 11.0. The Labute approximate surface area is 183 Å². The summed E-state index contributed by atoms with van der Waals surface area (Å²) in [6.07, 6.45) is 3.60. The predicted octanol–water partition coefficient (Wildman–Crippen LogP) is 3.21. The van der Waals surface area contributed by atoms with Crippen LogP contribution in [-0.4, -0.2) is 33.2 Å². The minimum atomic E-state index is -0.288. The Bertz CT molecular complexity index is 1220. The standard InChI is InChI=1S/C23H22N4O3S/c1-2-13-27-22(30)17-8-4-6-10-19(17)26-23(27)31-14-20(28)25-18-9-5-3-7-16(18)21(29)24-15-11-12-15/h2-10,15H,1,11-14H2,(H,24,29)(H,25,28). The highest BCUT2D eigenvalue weighted by Gasteiger charge is 2.25. The van der Waals surface area contributed by atoms with Crippen molar-refractivity contribution in [2.24, 2.45) is 0 Å². The number of hydrogen-bond acceptors (Lipinski definition) is 5. The molecule has 0 unspecified atom stereocenters. The minimum absolute atomic E-state index is 0.0422. The van der Waals surface area contributed by atoms with E-state index in [0.717, 1.165) is 12.8 Å². The average molecular weight is 435 g/mol. The molecule has 3 aromatic rings. The monoisotopic (exact) mass is 434 g/mol. The van der Waals surface area contributed by atoms with Crippen LogP contribution < -0.4 is 16.2 Å². The molecule has 1 aliphatic carbocycles. The van der Waals surface area contributed by atoms with Gasteiger partial charge in [0.1, 0.15) is 0 Å². The first-order chi connectivity index (χ1) is 15.1. The van der Waals surface area contributed by atoms with Crippen molar-refractivity contribution in [2.45, 2.75) is 30.6 Å². The predicted molar refractivity (Wildman–Crippen MR) is 122 cm³/mol. The van der Waals surface area contributed by atoms with Crippen LogP contribution in [0, 0.1) is 0 Å². The maximum Gasteiger partial charge on any atom is 0.262 e. The van der Waals surface area contributed by atoms with Crippen LogP contribution in [0.3, 0.4) is 0 Å². The third kappa shape index (κ3) is 4.86. The van der Waals surface area contributed by atoms with Gasteiger partial charge in [-0.2, -0.15) is 0 Å². The zero-order chi connectivity index (χ0) is 21.8. The van der Waals surface area contributed by atoms with Crippen LogP contribution in [0.4, 0.5) is 5.69 Å². The first-order valence-electron chi connectivity index (χ1n) is 10.00. The summed E-state index contributed by atoms with van der Waals surface area (Å²) in [4.78, 5) is 42.4. The van der Waals surface area contributed by atoms with Gasteiger partial charge < -0.3 is 10.6 Å². The molecule has 1 aliphatic rings. The highest BCUT2D eigenvalue weighted by molar-refractivity contribution is 7.99. The van der Waals surface area contributed by atoms with Crippen molar-refractivity contribution in [1.82, 2.24) is 14.9 Å². The molecule has 1 saturated carbocycles. The molecular formula is C23H22N4O3S. The second kappa shape index (κ2) is 9.18. The van der Waals surface area contributed by atoms with E-state index in [4.69, 9.17) is 0 Å². The summed E-state index contributed by atoms with van der Waals surface area (Å²) in [6.45, 7) is 4.00. The van der Waals surface area contributed by atoms with Gasteiger partial charge in [0, 0.05) is 12.6 Å². The number of nitrogens with zero attached hydrogens (tertiary/aromatic N) is 2. The van der Waals surface area contributed by atoms with E-state index in [9.17, 15) is 14.4 Å². The second-order valence-corrected chi connectivity index (χ2v) is 8.19. The van der Waals surface area contributed by atoms with Gasteiger partial charge >= 0.3 is 0 Å². The average Bonchev–Trinajstić information content (AvgIpc) is 3.59. The highest BCUT2D eigenvalue weighted by Crippen LogP contribution is 2.22. The Balaban J connectivity index is 1.50. The van der Waals surface area contributed by atoms with Gasteiger partial charge in [-0.05, 0) is 37.1 Å². The van der Waals surface area contributed by atoms with Crippen LogP contribution >= 0.6 is 11.8 Å². The smallest absolute Gasteiger partial charge is 0.262 e. The Morgan fingerprint density at radius 3 is 2.68 bits per heavy atom. The van der Waals surface area contributed by atoms with Crippen LogP contribution in [0.5, 0.6) is 0 Å². The van der Waals surface area contributed by atoms with E-state index in [2.05, 4.69) is 22.2 Å². The van der Waals surface area contributed by atoms with Crippen LogP contribution in [0.25, 0.3) is 10.9 Å². The molecule has 2 amide bonds. The number of amides is 2. The molecule has 0 radical (unpaired) electrons. The molecule has 2 aromatic carbocycles. The molecule has 0 atom stereocenters. The maximum atomic E-state index is 12.8. The van der Waals surface area contributed by atoms with Crippen LogP contribution in [0.2, 0.25) is 0 Å². The molecule has 7 nitrogen and oxygen atoms in total. The van der Waals surface area contributed by atoms with Crippen molar-refractivity contribution >= 4 is 40.2 Å². The Morgan fingerprint density at radius 2 is 1.90 bits per heavy atom. The number of benzene rings is 2. The van der Waals surface area contributed by atoms with Crippen LogP contribution in [-0.2, 0) is 11.3 Å². The molecule has 2 N–H and O–H groups in total. The normalized spacial score (nSPS) is 13.0. The minimum Gasteiger partial charge on any atom is -0.349 e. The largest absolute Gasteiger partial charge is 0.349 e. The lowest BCUT2D eigenvalue weighted by Crippen LogP contribution is -2.27. The van der Waals surface area contributed by atoms with Gasteiger partial charge in [-0.3, -0.25) is 19.0 Å². The highest BCUT2D eigenvalue weighted by atomic mass is 32.2. The van der Waals surface area contributed by atoms with Crippen LogP contribution in [0.1, 0.15) is 23.2 Å². The molecule has 1 heterocycles. The fourth-order valence-corrected chi connectivity index (χ4v) is 3.95. The Kier molecular flexibility index (Phi) is 6.18. The summed E-state index contributed by atoms with van der Waals surface area (Å²) in [5.74, 6) is -0.438. The fourth-order valence-electron chi connectivity index (χ4n) is 3.15. The molecule has 0 aliphatic heterocycles. The molecule has 158 valence electrons. The lowest BCUT2D eigenvalue weighted by molar-refractivity contribution is -0.113. The molecule has 0 saturated heterocycles. The van der Waals surface area contributed by atoms with E-state index in [-0.39, 0.29) is 29.2 Å². The number of nitrogens with one attached hydrogen (secondary N) is 2. The third-order valence-corrected chi connectivity index (χ3v) is 5.81. The van der Waals surface area contributed by atoms with E-state index in [1.165, 1.54) is 16.3 Å². The van der Waals surface area contributed by atoms with Gasteiger partial charge in [0.25, 0.3) is 11.5 Å². The number of para-hydroxylation sites is 2. The number of allylic oxidation sites excluding steroid dienone is 1. The van der Waals surface area contributed by atoms with Gasteiger partial charge in [-0.15, -0.1) is 6.58 Å². The van der Waals surface area contributed by atoms with E-state index >= 15 is 0 Å². The third-order valence-electron chi connectivity index (χ3n) is 4.83. The van der Waals surface area contributed by atoms with Gasteiger partial charge in [0.2, 0.25) is 5.91 Å². The van der Waals surface area contributed by atoms with Gasteiger partial charge in [-0.25, -0.2) is 4.98 Å². The Hall–Kier alpha value is -3.39. The number of rotatable bonds is 8. The van der Waals surface area contributed by atoms with Crippen molar-refractivity contribution in [3.05, 3.63) is 77.1 Å². The summed E-state index contributed by atoms with van der Waals surface area (Å²) in [5.41, 5.74) is 1.30. The number of thioether (sulfide) groups is 1. The molecule has 0 bridgehead atoms. The number of anilines is 1. The van der Waals surface area contributed by atoms with Crippen molar-refractivity contribution in [2.75, 3.05) is 11.1 Å². The van der Waals surface area contributed by atoms with E-state index in [1.807, 2.05) is 6.07 Å². The Morgan fingerprint density at radius 1 is 1.16 bits per heavy atom. The lowest BCUT2D eigenvalue weighted by atomic mass is 10.1. The van der Waals surface area contributed by atoms with Crippen LogP contribution in [0.15, 0.2) is 71.1 Å². The zero-order valence-corrected chi connectivity index (χ0v) is 17.7. The van der Waals surface area contributed by atoms with Crippen molar-refractivity contribution in [3.63, 3.8) is 0 Å². The summed E-state index contributed by atoms with van der Waals surface area (Å²) in [7, 11) is 0. The molecule has 8 heteroatoms. The van der Waals surface area contributed by atoms with E-state index in [1.54, 1.807) is 48.5 Å². The first kappa shape index (κ1) is 20.9. The zero-order valence-electron chi connectivity index (χ0n) is 16.8. The number of hydrogen-bond donors (Lipinski definition) is 2. The summed E-state index contributed by atoms with van der Waals surface area (Å²) in [6, 6.07) is 14.3. The van der Waals surface area contributed by atoms with Gasteiger partial charge in [-0.1, -0.05) is 42.1 Å². The number of aromatic nitrogens is 2. The quantitative estimate of drug-likeness (QED) is 0.323. The molecule has 31 heavy (non-hydrogen) atoms. The van der Waals surface area contributed by atoms with Gasteiger partial charge in [0.05, 0.1) is 27.9 Å². The number of fused-ring (bicyclic) bond motifs is 1. The number of carbonyl (C=O) groups is 2. The molecule has 1 aromatic heterocycles. The maximum absolute atomic E-state index is 12.8. The molecular weight excluding hydrogens is 412 g/mol. The lowest BCUT2D eigenvalue weighted by Gasteiger charge is -2.13. The van der Waals surface area contributed by atoms with Gasteiger partial charge in [0.15, 0.2) is 5.16 Å². The van der Waals surface area contributed by atoms with Crippen molar-refractivity contribution < 1.29 is 9.59 Å². The van der Waals surface area contributed by atoms with Crippen molar-refractivity contribution in [3.8, 4) is 0 Å². The second-order valence-electron chi connectivity index (χ2n) is 7.25. The van der Waals surface area contributed by atoms with E-state index < -0.39 is 0 Å². The summed E-state index contributed by atoms with van der Waals surface area (Å²) >= 11 is 1.17. The molecule has 1 fully saturated rings. The topological polar surface area (TPSA) is 93.1 Å². The molecule has 4 rings (SSSR count).